The van der Waals surface area contributed by atoms with Gasteiger partial charge in [0, 0.05) is 25.7 Å². The Labute approximate surface area is 61.8 Å². The van der Waals surface area contributed by atoms with Gasteiger partial charge in [-0.2, -0.15) is 0 Å². The van der Waals surface area contributed by atoms with E-state index >= 15 is 0 Å². The summed E-state index contributed by atoms with van der Waals surface area (Å²) in [4.78, 5) is 5.32. The average Bonchev–Trinajstić information content (AvgIpc) is 2.05. The number of hydrogen-bond donors (Lipinski definition) is 0. The molecule has 0 aromatic carbocycles. The zero-order chi connectivity index (χ0) is 6.77. The fourth-order valence-corrected chi connectivity index (χ4v) is 3.06. The highest BCUT2D eigenvalue weighted by Gasteiger charge is 2.61. The fourth-order valence-electron chi connectivity index (χ4n) is 3.06. The maximum absolute atomic E-state index is 2.68. The highest BCUT2D eigenvalue weighted by molar-refractivity contribution is 5.13. The molecule has 2 unspecified atom stereocenters. The molecule has 3 fully saturated rings. The first-order valence-electron chi connectivity index (χ1n) is 4.35. The Kier molecular flexibility index (Phi) is 0.783. The highest BCUT2D eigenvalue weighted by atomic mass is 15.5. The van der Waals surface area contributed by atoms with Gasteiger partial charge in [-0.25, -0.2) is 0 Å². The van der Waals surface area contributed by atoms with Crippen molar-refractivity contribution in [3.05, 3.63) is 0 Å². The van der Waals surface area contributed by atoms with Gasteiger partial charge in [-0.15, -0.1) is 0 Å². The molecule has 2 heteroatoms. The minimum absolute atomic E-state index is 0.611. The normalized spacial score (nSPS) is 53.1. The van der Waals surface area contributed by atoms with E-state index in [0.29, 0.717) is 5.66 Å². The van der Waals surface area contributed by atoms with Crippen LogP contribution in [0.2, 0.25) is 0 Å². The van der Waals surface area contributed by atoms with Gasteiger partial charge in [0.1, 0.15) is 0 Å². The first-order chi connectivity index (χ1) is 4.83. The summed E-state index contributed by atoms with van der Waals surface area (Å²) < 4.78 is 0. The number of nitrogens with zero attached hydrogens (tertiary/aromatic N) is 2. The molecule has 56 valence electrons. The Balaban J connectivity index is 1.92. The van der Waals surface area contributed by atoms with Gasteiger partial charge in [0.15, 0.2) is 0 Å². The van der Waals surface area contributed by atoms with Gasteiger partial charge < -0.3 is 0 Å². The van der Waals surface area contributed by atoms with Crippen LogP contribution < -0.4 is 0 Å². The lowest BCUT2D eigenvalue weighted by molar-refractivity contribution is -0.169. The molecule has 0 bridgehead atoms. The predicted octanol–water partition coefficient (Wildman–Crippen LogP) is 0.496. The van der Waals surface area contributed by atoms with Crippen molar-refractivity contribution in [3.8, 4) is 0 Å². The smallest absolute Gasteiger partial charge is 0.0768 e. The zero-order valence-corrected chi connectivity index (χ0v) is 6.51. The van der Waals surface area contributed by atoms with Crippen LogP contribution in [-0.2, 0) is 0 Å². The van der Waals surface area contributed by atoms with E-state index in [4.69, 9.17) is 0 Å². The molecule has 3 aliphatic rings. The Hall–Kier alpha value is -0.0800. The molecule has 2 atom stereocenters. The van der Waals surface area contributed by atoms with Gasteiger partial charge in [0.25, 0.3) is 0 Å². The van der Waals surface area contributed by atoms with Gasteiger partial charge in [-0.05, 0) is 19.8 Å². The summed E-state index contributed by atoms with van der Waals surface area (Å²) in [6, 6.07) is 0.880. The molecular formula is C8H14N2. The van der Waals surface area contributed by atoms with E-state index in [9.17, 15) is 0 Å². The molecule has 2 nitrogen and oxygen atoms in total. The Morgan fingerprint density at radius 3 is 2.70 bits per heavy atom. The van der Waals surface area contributed by atoms with Crippen molar-refractivity contribution in [2.75, 3.05) is 19.6 Å². The molecule has 0 radical (unpaired) electrons. The number of hydrogen-bond acceptors (Lipinski definition) is 2. The van der Waals surface area contributed by atoms with E-state index in [-0.39, 0.29) is 0 Å². The summed E-state index contributed by atoms with van der Waals surface area (Å²) in [5.74, 6) is 0. The second-order valence-electron chi connectivity index (χ2n) is 3.97. The van der Waals surface area contributed by atoms with Crippen LogP contribution >= 0.6 is 0 Å². The minimum Gasteiger partial charge on any atom is -0.284 e. The lowest BCUT2D eigenvalue weighted by Crippen LogP contribution is -2.73. The van der Waals surface area contributed by atoms with Crippen molar-refractivity contribution in [2.24, 2.45) is 0 Å². The largest absolute Gasteiger partial charge is 0.284 e. The fraction of sp³-hybridized carbons (Fsp3) is 1.00. The first kappa shape index (κ1) is 5.56. The van der Waals surface area contributed by atoms with Gasteiger partial charge >= 0.3 is 0 Å². The van der Waals surface area contributed by atoms with Crippen molar-refractivity contribution < 1.29 is 0 Å². The average molecular weight is 138 g/mol. The van der Waals surface area contributed by atoms with E-state index in [1.165, 1.54) is 32.5 Å². The van der Waals surface area contributed by atoms with E-state index < -0.39 is 0 Å². The summed E-state index contributed by atoms with van der Waals surface area (Å²) in [6.45, 7) is 6.39. The number of rotatable bonds is 0. The molecule has 0 aliphatic carbocycles. The molecular weight excluding hydrogens is 124 g/mol. The molecule has 10 heavy (non-hydrogen) atoms. The summed E-state index contributed by atoms with van der Waals surface area (Å²) in [5, 5.41) is 0. The molecule has 3 rings (SSSR count). The summed E-state index contributed by atoms with van der Waals surface area (Å²) in [5.41, 5.74) is 0.611. The Morgan fingerprint density at radius 1 is 1.30 bits per heavy atom. The van der Waals surface area contributed by atoms with Crippen molar-refractivity contribution in [1.29, 1.82) is 0 Å². The maximum atomic E-state index is 2.68. The second-order valence-corrected chi connectivity index (χ2v) is 3.97. The third kappa shape index (κ3) is 0.372. The second kappa shape index (κ2) is 1.41. The standard InChI is InChI=1S/C8H14N2/c1-7-6-8-2-3-9(8)4-5-10(7)8/h7H,2-6H2,1H3. The lowest BCUT2D eigenvalue weighted by Gasteiger charge is -2.62. The van der Waals surface area contributed by atoms with Gasteiger partial charge in [-0.1, -0.05) is 0 Å². The van der Waals surface area contributed by atoms with Crippen molar-refractivity contribution in [3.63, 3.8) is 0 Å². The summed E-state index contributed by atoms with van der Waals surface area (Å²) in [7, 11) is 0. The van der Waals surface area contributed by atoms with Crippen molar-refractivity contribution in [2.45, 2.75) is 31.5 Å². The van der Waals surface area contributed by atoms with Crippen LogP contribution in [0.1, 0.15) is 19.8 Å². The Morgan fingerprint density at radius 2 is 2.20 bits per heavy atom. The van der Waals surface area contributed by atoms with Crippen LogP contribution in [-0.4, -0.2) is 41.1 Å². The molecule has 0 saturated carbocycles. The van der Waals surface area contributed by atoms with Crippen LogP contribution in [0.5, 0.6) is 0 Å². The SMILES string of the molecule is CC1CC23CCN2CCN13. The highest BCUT2D eigenvalue weighted by Crippen LogP contribution is 2.50. The lowest BCUT2D eigenvalue weighted by atomic mass is 9.79. The topological polar surface area (TPSA) is 6.48 Å². The maximum Gasteiger partial charge on any atom is 0.0768 e. The third-order valence-electron chi connectivity index (χ3n) is 3.67. The van der Waals surface area contributed by atoms with E-state index in [2.05, 4.69) is 16.7 Å². The summed E-state index contributed by atoms with van der Waals surface area (Å²) >= 11 is 0. The van der Waals surface area contributed by atoms with Crippen LogP contribution in [0.4, 0.5) is 0 Å². The molecule has 3 saturated heterocycles. The van der Waals surface area contributed by atoms with Gasteiger partial charge in [-0.3, -0.25) is 9.80 Å². The van der Waals surface area contributed by atoms with Crippen molar-refractivity contribution in [1.82, 2.24) is 9.80 Å². The Bertz CT molecular complexity index is 180. The molecule has 1 spiro atoms. The zero-order valence-electron chi connectivity index (χ0n) is 6.51. The molecule has 3 aliphatic heterocycles. The van der Waals surface area contributed by atoms with Crippen LogP contribution in [0.25, 0.3) is 0 Å². The van der Waals surface area contributed by atoms with Crippen molar-refractivity contribution >= 4 is 0 Å². The van der Waals surface area contributed by atoms with Gasteiger partial charge in [0.2, 0.25) is 0 Å². The molecule has 3 heterocycles. The quantitative estimate of drug-likeness (QED) is 0.481. The van der Waals surface area contributed by atoms with Crippen LogP contribution in [0.3, 0.4) is 0 Å². The predicted molar refractivity (Wildman–Crippen MR) is 39.7 cm³/mol. The van der Waals surface area contributed by atoms with E-state index in [1.54, 1.807) is 0 Å². The summed E-state index contributed by atoms with van der Waals surface area (Å²) in [6.07, 6.45) is 2.88. The van der Waals surface area contributed by atoms with Crippen LogP contribution in [0, 0.1) is 0 Å². The first-order valence-corrected chi connectivity index (χ1v) is 4.35. The van der Waals surface area contributed by atoms with E-state index in [1.807, 2.05) is 0 Å². The third-order valence-corrected chi connectivity index (χ3v) is 3.67. The molecule has 0 aromatic rings. The van der Waals surface area contributed by atoms with E-state index in [0.717, 1.165) is 6.04 Å². The molecule has 0 amide bonds. The molecule has 0 N–H and O–H groups in total. The van der Waals surface area contributed by atoms with Gasteiger partial charge in [0.05, 0.1) is 5.66 Å². The monoisotopic (exact) mass is 138 g/mol. The van der Waals surface area contributed by atoms with Crippen LogP contribution in [0.15, 0.2) is 0 Å². The molecule has 0 aromatic heterocycles. The minimum atomic E-state index is 0.611.